The van der Waals surface area contributed by atoms with Crippen molar-refractivity contribution < 1.29 is 4.74 Å². The van der Waals surface area contributed by atoms with Gasteiger partial charge in [0.2, 0.25) is 0 Å². The van der Waals surface area contributed by atoms with Crippen LogP contribution in [0.1, 0.15) is 32.1 Å². The fourth-order valence-electron chi connectivity index (χ4n) is 2.51. The van der Waals surface area contributed by atoms with Gasteiger partial charge in [0, 0.05) is 7.11 Å². The van der Waals surface area contributed by atoms with E-state index in [1.54, 1.807) is 0 Å². The van der Waals surface area contributed by atoms with Gasteiger partial charge in [-0.1, -0.05) is 25.3 Å². The van der Waals surface area contributed by atoms with Gasteiger partial charge in [-0.15, -0.1) is 6.58 Å². The zero-order valence-electron chi connectivity index (χ0n) is 9.46. The van der Waals surface area contributed by atoms with Crippen molar-refractivity contribution in [2.75, 3.05) is 14.2 Å². The highest BCUT2D eigenvalue weighted by Gasteiger charge is 2.27. The van der Waals surface area contributed by atoms with E-state index in [0.717, 1.165) is 0 Å². The lowest BCUT2D eigenvalue weighted by Gasteiger charge is -2.33. The van der Waals surface area contributed by atoms with Crippen LogP contribution in [0.2, 0.25) is 0 Å². The number of rotatable bonds is 5. The molecular formula is C12H23NO. The number of hydrogen-bond donors (Lipinski definition) is 1. The SMILES string of the molecule is C=CC(NC)C(OC)C1CCCCC1. The van der Waals surface area contributed by atoms with Crippen molar-refractivity contribution >= 4 is 0 Å². The molecule has 2 unspecified atom stereocenters. The molecule has 0 amide bonds. The normalized spacial score (nSPS) is 23.0. The Labute approximate surface area is 87.7 Å². The summed E-state index contributed by atoms with van der Waals surface area (Å²) in [5, 5.41) is 3.26. The van der Waals surface area contributed by atoms with Gasteiger partial charge in [0.1, 0.15) is 0 Å². The summed E-state index contributed by atoms with van der Waals surface area (Å²) in [6.45, 7) is 3.85. The molecule has 0 radical (unpaired) electrons. The lowest BCUT2D eigenvalue weighted by Crippen LogP contribution is -2.42. The topological polar surface area (TPSA) is 21.3 Å². The monoisotopic (exact) mass is 197 g/mol. The molecule has 1 N–H and O–H groups in total. The van der Waals surface area contributed by atoms with Gasteiger partial charge in [-0.2, -0.15) is 0 Å². The van der Waals surface area contributed by atoms with Crippen LogP contribution in [0.3, 0.4) is 0 Å². The van der Waals surface area contributed by atoms with E-state index in [0.29, 0.717) is 18.1 Å². The van der Waals surface area contributed by atoms with Crippen LogP contribution < -0.4 is 5.32 Å². The number of ether oxygens (including phenoxy) is 1. The van der Waals surface area contributed by atoms with E-state index >= 15 is 0 Å². The Kier molecular flexibility index (Phi) is 5.20. The van der Waals surface area contributed by atoms with Crippen molar-refractivity contribution in [3.8, 4) is 0 Å². The lowest BCUT2D eigenvalue weighted by atomic mass is 9.82. The maximum absolute atomic E-state index is 5.60. The first-order valence-electron chi connectivity index (χ1n) is 5.66. The number of nitrogens with one attached hydrogen (secondary N) is 1. The Morgan fingerprint density at radius 3 is 2.43 bits per heavy atom. The summed E-state index contributed by atoms with van der Waals surface area (Å²) in [5.41, 5.74) is 0. The van der Waals surface area contributed by atoms with E-state index in [2.05, 4.69) is 11.9 Å². The highest BCUT2D eigenvalue weighted by Crippen LogP contribution is 2.29. The summed E-state index contributed by atoms with van der Waals surface area (Å²) in [6.07, 6.45) is 9.00. The number of likely N-dealkylation sites (N-methyl/N-ethyl adjacent to an activating group) is 1. The molecule has 0 aromatic rings. The minimum atomic E-state index is 0.295. The molecule has 2 nitrogen and oxygen atoms in total. The summed E-state index contributed by atoms with van der Waals surface area (Å²) < 4.78 is 5.60. The fourth-order valence-corrected chi connectivity index (χ4v) is 2.51. The van der Waals surface area contributed by atoms with Crippen molar-refractivity contribution in [3.63, 3.8) is 0 Å². The fraction of sp³-hybridized carbons (Fsp3) is 0.833. The maximum atomic E-state index is 5.60. The number of methoxy groups -OCH3 is 1. The molecule has 0 saturated heterocycles. The minimum absolute atomic E-state index is 0.295. The van der Waals surface area contributed by atoms with Gasteiger partial charge in [0.05, 0.1) is 12.1 Å². The Morgan fingerprint density at radius 2 is 2.00 bits per heavy atom. The van der Waals surface area contributed by atoms with Gasteiger partial charge in [0.25, 0.3) is 0 Å². The predicted octanol–water partition coefficient (Wildman–Crippen LogP) is 2.36. The predicted molar refractivity (Wildman–Crippen MR) is 60.4 cm³/mol. The van der Waals surface area contributed by atoms with Crippen LogP contribution in [0.5, 0.6) is 0 Å². The van der Waals surface area contributed by atoms with E-state index in [1.165, 1.54) is 32.1 Å². The van der Waals surface area contributed by atoms with Crippen LogP contribution in [0.25, 0.3) is 0 Å². The molecule has 0 aliphatic heterocycles. The van der Waals surface area contributed by atoms with E-state index in [4.69, 9.17) is 4.74 Å². The molecule has 0 heterocycles. The summed E-state index contributed by atoms with van der Waals surface area (Å²) in [4.78, 5) is 0. The molecule has 1 aliphatic rings. The average Bonchev–Trinajstić information content (AvgIpc) is 2.27. The zero-order valence-corrected chi connectivity index (χ0v) is 9.46. The molecule has 82 valence electrons. The number of hydrogen-bond acceptors (Lipinski definition) is 2. The van der Waals surface area contributed by atoms with Crippen LogP contribution in [-0.4, -0.2) is 26.3 Å². The molecular weight excluding hydrogens is 174 g/mol. The third-order valence-electron chi connectivity index (χ3n) is 3.33. The molecule has 2 atom stereocenters. The summed E-state index contributed by atoms with van der Waals surface area (Å²) >= 11 is 0. The van der Waals surface area contributed by atoms with Crippen molar-refractivity contribution in [2.24, 2.45) is 5.92 Å². The summed E-state index contributed by atoms with van der Waals surface area (Å²) in [5.74, 6) is 0.712. The van der Waals surface area contributed by atoms with Crippen LogP contribution in [0.15, 0.2) is 12.7 Å². The molecule has 0 aromatic heterocycles. The molecule has 0 aromatic carbocycles. The van der Waals surface area contributed by atoms with Gasteiger partial charge in [-0.25, -0.2) is 0 Å². The van der Waals surface area contributed by atoms with Crippen LogP contribution in [-0.2, 0) is 4.74 Å². The molecule has 1 aliphatic carbocycles. The van der Waals surface area contributed by atoms with Gasteiger partial charge in [0.15, 0.2) is 0 Å². The first-order valence-corrected chi connectivity index (χ1v) is 5.66. The largest absolute Gasteiger partial charge is 0.379 e. The molecule has 1 rings (SSSR count). The van der Waals surface area contributed by atoms with Gasteiger partial charge in [-0.3, -0.25) is 0 Å². The molecule has 0 spiro atoms. The zero-order chi connectivity index (χ0) is 10.4. The Bertz CT molecular complexity index is 164. The Balaban J connectivity index is 2.53. The van der Waals surface area contributed by atoms with Crippen molar-refractivity contribution in [2.45, 2.75) is 44.2 Å². The van der Waals surface area contributed by atoms with Crippen LogP contribution in [0, 0.1) is 5.92 Å². The minimum Gasteiger partial charge on any atom is -0.379 e. The van der Waals surface area contributed by atoms with Gasteiger partial charge in [-0.05, 0) is 25.8 Å². The van der Waals surface area contributed by atoms with Crippen LogP contribution >= 0.6 is 0 Å². The first kappa shape index (κ1) is 11.7. The molecule has 14 heavy (non-hydrogen) atoms. The molecule has 1 saturated carbocycles. The smallest absolute Gasteiger partial charge is 0.0787 e. The van der Waals surface area contributed by atoms with Gasteiger partial charge < -0.3 is 10.1 Å². The molecule has 2 heteroatoms. The highest BCUT2D eigenvalue weighted by molar-refractivity contribution is 4.94. The summed E-state index contributed by atoms with van der Waals surface area (Å²) in [7, 11) is 3.79. The van der Waals surface area contributed by atoms with E-state index in [1.807, 2.05) is 20.2 Å². The maximum Gasteiger partial charge on any atom is 0.0787 e. The van der Waals surface area contributed by atoms with E-state index < -0.39 is 0 Å². The lowest BCUT2D eigenvalue weighted by molar-refractivity contribution is 0.0214. The Hall–Kier alpha value is -0.340. The molecule has 1 fully saturated rings. The van der Waals surface area contributed by atoms with Crippen molar-refractivity contribution in [1.29, 1.82) is 0 Å². The Morgan fingerprint density at radius 1 is 1.36 bits per heavy atom. The summed E-state index contributed by atoms with van der Waals surface area (Å²) in [6, 6.07) is 0.295. The third-order valence-corrected chi connectivity index (χ3v) is 3.33. The van der Waals surface area contributed by atoms with Crippen LogP contribution in [0.4, 0.5) is 0 Å². The quantitative estimate of drug-likeness (QED) is 0.683. The average molecular weight is 197 g/mol. The molecule has 0 bridgehead atoms. The first-order chi connectivity index (χ1) is 6.83. The van der Waals surface area contributed by atoms with E-state index in [9.17, 15) is 0 Å². The third kappa shape index (κ3) is 2.82. The second kappa shape index (κ2) is 6.20. The highest BCUT2D eigenvalue weighted by atomic mass is 16.5. The van der Waals surface area contributed by atoms with Crippen molar-refractivity contribution in [1.82, 2.24) is 5.32 Å². The second-order valence-corrected chi connectivity index (χ2v) is 4.15. The van der Waals surface area contributed by atoms with E-state index in [-0.39, 0.29) is 0 Å². The standard InChI is InChI=1S/C12H23NO/c1-4-11(13-2)12(14-3)10-8-6-5-7-9-10/h4,10-13H,1,5-9H2,2-3H3. The van der Waals surface area contributed by atoms with Crippen molar-refractivity contribution in [3.05, 3.63) is 12.7 Å². The second-order valence-electron chi connectivity index (χ2n) is 4.15. The van der Waals surface area contributed by atoms with Gasteiger partial charge >= 0.3 is 0 Å².